The monoisotopic (exact) mass is 273 g/mol. The zero-order valence-corrected chi connectivity index (χ0v) is 11.7. The van der Waals surface area contributed by atoms with Crippen molar-refractivity contribution in [3.63, 3.8) is 0 Å². The third-order valence-corrected chi connectivity index (χ3v) is 4.25. The molecule has 0 spiro atoms. The number of benzene rings is 1. The summed E-state index contributed by atoms with van der Waals surface area (Å²) in [6, 6.07) is 8.41. The predicted molar refractivity (Wildman–Crippen MR) is 76.5 cm³/mol. The Bertz CT molecular complexity index is 618. The molecule has 98 valence electrons. The number of aromatic nitrogens is 2. The Hall–Kier alpha value is -1.75. The smallest absolute Gasteiger partial charge is 0.226 e. The molecule has 0 aliphatic carbocycles. The molecule has 0 fully saturated rings. The van der Waals surface area contributed by atoms with Crippen LogP contribution in [0.25, 0.3) is 0 Å². The molecule has 0 unspecified atom stereocenters. The van der Waals surface area contributed by atoms with Crippen LogP contribution in [0, 0.1) is 0 Å². The van der Waals surface area contributed by atoms with Crippen molar-refractivity contribution >= 4 is 23.5 Å². The molecule has 3 rings (SSSR count). The van der Waals surface area contributed by atoms with Crippen molar-refractivity contribution in [3.05, 3.63) is 41.6 Å². The minimum Gasteiger partial charge on any atom is -0.311 e. The van der Waals surface area contributed by atoms with E-state index in [1.807, 2.05) is 13.2 Å². The van der Waals surface area contributed by atoms with Crippen LogP contribution in [-0.4, -0.2) is 21.9 Å². The van der Waals surface area contributed by atoms with Gasteiger partial charge in [-0.1, -0.05) is 12.1 Å². The van der Waals surface area contributed by atoms with Crippen LogP contribution < -0.4 is 5.32 Å². The number of anilines is 1. The van der Waals surface area contributed by atoms with Gasteiger partial charge in [0.1, 0.15) is 5.82 Å². The van der Waals surface area contributed by atoms with Crippen LogP contribution in [0.15, 0.2) is 35.4 Å². The van der Waals surface area contributed by atoms with Gasteiger partial charge in [-0.25, -0.2) is 0 Å². The molecular formula is C14H15N3OS. The van der Waals surface area contributed by atoms with Gasteiger partial charge in [-0.05, 0) is 24.0 Å². The van der Waals surface area contributed by atoms with Crippen molar-refractivity contribution in [2.75, 3.05) is 11.6 Å². The third kappa shape index (κ3) is 2.14. The lowest BCUT2D eigenvalue weighted by Crippen LogP contribution is -2.24. The summed E-state index contributed by atoms with van der Waals surface area (Å²) in [5, 5.41) is 7.13. The number of aryl methyl sites for hydroxylation is 1. The second-order valence-electron chi connectivity index (χ2n) is 4.65. The SMILES string of the molecule is CSc1ccc([C@H]2CC(=O)Nc3c2cnn3C)cc1. The first kappa shape index (κ1) is 12.3. The summed E-state index contributed by atoms with van der Waals surface area (Å²) in [7, 11) is 1.85. The average Bonchev–Trinajstić information content (AvgIpc) is 2.80. The molecule has 1 aromatic heterocycles. The number of nitrogens with zero attached hydrogens (tertiary/aromatic N) is 2. The van der Waals surface area contributed by atoms with Gasteiger partial charge in [0, 0.05) is 29.8 Å². The quantitative estimate of drug-likeness (QED) is 0.856. The van der Waals surface area contributed by atoms with E-state index in [4.69, 9.17) is 0 Å². The largest absolute Gasteiger partial charge is 0.311 e. The molecule has 0 bridgehead atoms. The topological polar surface area (TPSA) is 46.9 Å². The number of thioether (sulfide) groups is 1. The number of fused-ring (bicyclic) bond motifs is 1. The van der Waals surface area contributed by atoms with E-state index in [0.29, 0.717) is 6.42 Å². The normalized spacial score (nSPS) is 18.0. The standard InChI is InChI=1S/C14H15N3OS/c1-17-14-12(8-15-17)11(7-13(18)16-14)9-3-5-10(19-2)6-4-9/h3-6,8,11H,7H2,1-2H3,(H,16,18)/t11-/m1/s1. The van der Waals surface area contributed by atoms with E-state index >= 15 is 0 Å². The third-order valence-electron chi connectivity index (χ3n) is 3.51. The fraction of sp³-hybridized carbons (Fsp3) is 0.286. The number of amides is 1. The summed E-state index contributed by atoms with van der Waals surface area (Å²) in [5.74, 6) is 0.971. The van der Waals surface area contributed by atoms with Crippen LogP contribution >= 0.6 is 11.8 Å². The summed E-state index contributed by atoms with van der Waals surface area (Å²) >= 11 is 1.72. The van der Waals surface area contributed by atoms with Crippen molar-refractivity contribution < 1.29 is 4.79 Å². The Morgan fingerprint density at radius 3 is 2.79 bits per heavy atom. The molecule has 1 atom stereocenters. The van der Waals surface area contributed by atoms with Gasteiger partial charge in [0.15, 0.2) is 0 Å². The zero-order chi connectivity index (χ0) is 13.4. The highest BCUT2D eigenvalue weighted by Gasteiger charge is 2.29. The Labute approximate surface area is 116 Å². The highest BCUT2D eigenvalue weighted by molar-refractivity contribution is 7.98. The van der Waals surface area contributed by atoms with Crippen LogP contribution in [0.4, 0.5) is 5.82 Å². The van der Waals surface area contributed by atoms with Gasteiger partial charge >= 0.3 is 0 Å². The van der Waals surface area contributed by atoms with Gasteiger partial charge < -0.3 is 5.32 Å². The molecule has 1 aliphatic rings. The van der Waals surface area contributed by atoms with Crippen LogP contribution in [0.3, 0.4) is 0 Å². The number of carbonyl (C=O) groups excluding carboxylic acids is 1. The van der Waals surface area contributed by atoms with E-state index < -0.39 is 0 Å². The molecule has 19 heavy (non-hydrogen) atoms. The Morgan fingerprint density at radius 2 is 2.11 bits per heavy atom. The second kappa shape index (κ2) is 4.74. The predicted octanol–water partition coefficient (Wildman–Crippen LogP) is 2.62. The highest BCUT2D eigenvalue weighted by Crippen LogP contribution is 2.36. The summed E-state index contributed by atoms with van der Waals surface area (Å²) in [6.07, 6.45) is 4.39. The molecule has 0 saturated heterocycles. The maximum absolute atomic E-state index is 11.8. The Balaban J connectivity index is 2.02. The number of nitrogens with one attached hydrogen (secondary N) is 1. The molecule has 2 aromatic rings. The maximum atomic E-state index is 11.8. The second-order valence-corrected chi connectivity index (χ2v) is 5.53. The van der Waals surface area contributed by atoms with E-state index in [-0.39, 0.29) is 11.8 Å². The van der Waals surface area contributed by atoms with Gasteiger partial charge in [-0.15, -0.1) is 11.8 Å². The number of carbonyl (C=O) groups is 1. The molecule has 1 aliphatic heterocycles. The molecule has 4 nitrogen and oxygen atoms in total. The highest BCUT2D eigenvalue weighted by atomic mass is 32.2. The summed E-state index contributed by atoms with van der Waals surface area (Å²) in [5.41, 5.74) is 2.26. The van der Waals surface area contributed by atoms with Crippen molar-refractivity contribution in [2.24, 2.45) is 7.05 Å². The molecule has 5 heteroatoms. The van der Waals surface area contributed by atoms with E-state index in [9.17, 15) is 4.79 Å². The van der Waals surface area contributed by atoms with Crippen molar-refractivity contribution in [3.8, 4) is 0 Å². The van der Waals surface area contributed by atoms with Gasteiger partial charge in [0.05, 0.1) is 6.20 Å². The maximum Gasteiger partial charge on any atom is 0.226 e. The number of hydrogen-bond acceptors (Lipinski definition) is 3. The van der Waals surface area contributed by atoms with Crippen LogP contribution in [0.1, 0.15) is 23.5 Å². The fourth-order valence-electron chi connectivity index (χ4n) is 2.47. The van der Waals surface area contributed by atoms with Crippen molar-refractivity contribution in [2.45, 2.75) is 17.2 Å². The Morgan fingerprint density at radius 1 is 1.37 bits per heavy atom. The molecule has 1 amide bonds. The Kier molecular flexibility index (Phi) is 3.06. The van der Waals surface area contributed by atoms with Crippen LogP contribution in [-0.2, 0) is 11.8 Å². The number of hydrogen-bond donors (Lipinski definition) is 1. The first-order valence-electron chi connectivity index (χ1n) is 6.14. The minimum atomic E-state index is 0.0510. The summed E-state index contributed by atoms with van der Waals surface area (Å²) in [4.78, 5) is 13.1. The lowest BCUT2D eigenvalue weighted by Gasteiger charge is -2.23. The summed E-state index contributed by atoms with van der Waals surface area (Å²) < 4.78 is 1.72. The van der Waals surface area contributed by atoms with Gasteiger partial charge in [0.2, 0.25) is 5.91 Å². The van der Waals surface area contributed by atoms with E-state index in [0.717, 1.165) is 11.4 Å². The lowest BCUT2D eigenvalue weighted by atomic mass is 9.87. The molecule has 1 N–H and O–H groups in total. The molecular weight excluding hydrogens is 258 g/mol. The minimum absolute atomic E-state index is 0.0510. The van der Waals surface area contributed by atoms with Crippen molar-refractivity contribution in [1.29, 1.82) is 0 Å². The first-order chi connectivity index (χ1) is 9.19. The zero-order valence-electron chi connectivity index (χ0n) is 10.9. The van der Waals surface area contributed by atoms with Gasteiger partial charge in [0.25, 0.3) is 0 Å². The van der Waals surface area contributed by atoms with E-state index in [2.05, 4.69) is 40.9 Å². The van der Waals surface area contributed by atoms with E-state index in [1.165, 1.54) is 10.5 Å². The molecule has 1 aromatic carbocycles. The molecule has 2 heterocycles. The lowest BCUT2D eigenvalue weighted by molar-refractivity contribution is -0.116. The van der Waals surface area contributed by atoms with Crippen LogP contribution in [0.5, 0.6) is 0 Å². The molecule has 0 radical (unpaired) electrons. The first-order valence-corrected chi connectivity index (χ1v) is 7.37. The van der Waals surface area contributed by atoms with Crippen molar-refractivity contribution in [1.82, 2.24) is 9.78 Å². The van der Waals surface area contributed by atoms with Gasteiger partial charge in [-0.3, -0.25) is 9.48 Å². The number of rotatable bonds is 2. The van der Waals surface area contributed by atoms with Crippen LogP contribution in [0.2, 0.25) is 0 Å². The average molecular weight is 273 g/mol. The summed E-state index contributed by atoms with van der Waals surface area (Å²) in [6.45, 7) is 0. The van der Waals surface area contributed by atoms with E-state index in [1.54, 1.807) is 16.4 Å². The van der Waals surface area contributed by atoms with Gasteiger partial charge in [-0.2, -0.15) is 5.10 Å². The molecule has 0 saturated carbocycles. The fourth-order valence-corrected chi connectivity index (χ4v) is 2.88.